The van der Waals surface area contributed by atoms with Gasteiger partial charge in [-0.15, -0.1) is 0 Å². The SMILES string of the molecule is CCN(CC)CCCNO.[HH]. The smallest absolute Gasteiger partial charge is 0.0219 e. The fourth-order valence-electron chi connectivity index (χ4n) is 0.922. The van der Waals surface area contributed by atoms with E-state index in [9.17, 15) is 0 Å². The largest absolute Gasteiger partial charge is 0.317 e. The lowest BCUT2D eigenvalue weighted by Gasteiger charge is -2.16. The second kappa shape index (κ2) is 6.99. The molecule has 0 aromatic carbocycles. The summed E-state index contributed by atoms with van der Waals surface area (Å²) in [5.41, 5.74) is 2.14. The average molecular weight is 148 g/mol. The lowest BCUT2D eigenvalue weighted by atomic mass is 10.4. The summed E-state index contributed by atoms with van der Waals surface area (Å²) in [7, 11) is 0. The summed E-state index contributed by atoms with van der Waals surface area (Å²) in [6, 6.07) is 0. The van der Waals surface area contributed by atoms with Crippen LogP contribution in [-0.2, 0) is 0 Å². The van der Waals surface area contributed by atoms with Gasteiger partial charge in [0.05, 0.1) is 0 Å². The molecule has 0 aliphatic rings. The van der Waals surface area contributed by atoms with Crippen molar-refractivity contribution in [2.24, 2.45) is 0 Å². The van der Waals surface area contributed by atoms with Crippen molar-refractivity contribution in [2.45, 2.75) is 20.3 Å². The lowest BCUT2D eigenvalue weighted by molar-refractivity contribution is 0.159. The minimum absolute atomic E-state index is 0. The maximum absolute atomic E-state index is 8.26. The Kier molecular flexibility index (Phi) is 6.91. The van der Waals surface area contributed by atoms with Gasteiger partial charge >= 0.3 is 0 Å². The normalized spacial score (nSPS) is 10.8. The molecule has 0 atom stereocenters. The fraction of sp³-hybridized carbons (Fsp3) is 1.00. The van der Waals surface area contributed by atoms with Crippen molar-refractivity contribution in [3.63, 3.8) is 0 Å². The quantitative estimate of drug-likeness (QED) is 0.435. The van der Waals surface area contributed by atoms with E-state index in [0.717, 1.165) is 26.1 Å². The number of hydrogen-bond acceptors (Lipinski definition) is 3. The maximum atomic E-state index is 8.26. The molecule has 0 saturated carbocycles. The summed E-state index contributed by atoms with van der Waals surface area (Å²) in [5.74, 6) is 0. The van der Waals surface area contributed by atoms with Gasteiger partial charge in [-0.1, -0.05) is 13.8 Å². The summed E-state index contributed by atoms with van der Waals surface area (Å²) in [6.45, 7) is 8.26. The molecule has 10 heavy (non-hydrogen) atoms. The topological polar surface area (TPSA) is 35.5 Å². The molecule has 0 unspecified atom stereocenters. The molecular formula is C7H20N2O. The van der Waals surface area contributed by atoms with Gasteiger partial charge in [0.15, 0.2) is 0 Å². The van der Waals surface area contributed by atoms with E-state index in [1.165, 1.54) is 0 Å². The molecule has 0 bridgehead atoms. The highest BCUT2D eigenvalue weighted by molar-refractivity contribution is 4.51. The Hall–Kier alpha value is -0.120. The van der Waals surface area contributed by atoms with Gasteiger partial charge in [-0.25, -0.2) is 5.48 Å². The minimum Gasteiger partial charge on any atom is -0.317 e. The van der Waals surface area contributed by atoms with Crippen molar-refractivity contribution >= 4 is 0 Å². The maximum Gasteiger partial charge on any atom is 0.0219 e. The van der Waals surface area contributed by atoms with Crippen LogP contribution in [0.2, 0.25) is 0 Å². The Balaban J connectivity index is 0. The van der Waals surface area contributed by atoms with Crippen LogP contribution in [0.1, 0.15) is 21.7 Å². The van der Waals surface area contributed by atoms with Gasteiger partial charge in [0.25, 0.3) is 0 Å². The zero-order valence-corrected chi connectivity index (χ0v) is 6.93. The molecule has 2 N–H and O–H groups in total. The molecule has 0 rings (SSSR count). The standard InChI is InChI=1S/C7H18N2O.H2/c1-3-9(4-2)7-5-6-8-10;/h8,10H,3-7H2,1-2H3;1H. The van der Waals surface area contributed by atoms with Crippen molar-refractivity contribution in [3.05, 3.63) is 0 Å². The number of nitrogens with zero attached hydrogens (tertiary/aromatic N) is 1. The van der Waals surface area contributed by atoms with Crippen molar-refractivity contribution in [1.29, 1.82) is 0 Å². The predicted molar refractivity (Wildman–Crippen MR) is 44.3 cm³/mol. The molecular weight excluding hydrogens is 128 g/mol. The number of hydroxylamine groups is 1. The monoisotopic (exact) mass is 148 g/mol. The Bertz CT molecular complexity index is 69.5. The molecule has 64 valence electrons. The molecule has 0 amide bonds. The lowest BCUT2D eigenvalue weighted by Crippen LogP contribution is -2.26. The van der Waals surface area contributed by atoms with Crippen molar-refractivity contribution in [3.8, 4) is 0 Å². The Morgan fingerprint density at radius 3 is 2.40 bits per heavy atom. The Labute approximate surface area is 64.5 Å². The third-order valence-electron chi connectivity index (χ3n) is 1.66. The molecule has 0 radical (unpaired) electrons. The predicted octanol–water partition coefficient (Wildman–Crippen LogP) is 0.943. The molecule has 0 aliphatic heterocycles. The van der Waals surface area contributed by atoms with Crippen molar-refractivity contribution in [2.75, 3.05) is 26.2 Å². The highest BCUT2D eigenvalue weighted by Gasteiger charge is 1.95. The van der Waals surface area contributed by atoms with E-state index in [0.29, 0.717) is 6.54 Å². The highest BCUT2D eigenvalue weighted by atomic mass is 16.5. The molecule has 0 aromatic rings. The summed E-state index contributed by atoms with van der Waals surface area (Å²) in [5, 5.41) is 8.26. The first-order chi connectivity index (χ1) is 4.85. The Morgan fingerprint density at radius 2 is 2.00 bits per heavy atom. The number of nitrogens with one attached hydrogen (secondary N) is 1. The Morgan fingerprint density at radius 1 is 1.40 bits per heavy atom. The van der Waals surface area contributed by atoms with Crippen LogP contribution in [0.5, 0.6) is 0 Å². The van der Waals surface area contributed by atoms with Gasteiger partial charge in [-0.2, -0.15) is 0 Å². The summed E-state index contributed by atoms with van der Waals surface area (Å²) in [4.78, 5) is 2.33. The average Bonchev–Trinajstić information content (AvgIpc) is 1.99. The zero-order valence-electron chi connectivity index (χ0n) is 6.93. The zero-order chi connectivity index (χ0) is 7.82. The van der Waals surface area contributed by atoms with Crippen LogP contribution in [0.3, 0.4) is 0 Å². The molecule has 0 fully saturated rings. The van der Waals surface area contributed by atoms with Crippen LogP contribution in [-0.4, -0.2) is 36.3 Å². The van der Waals surface area contributed by atoms with E-state index in [-0.39, 0.29) is 1.43 Å². The first-order valence-electron chi connectivity index (χ1n) is 3.94. The summed E-state index contributed by atoms with van der Waals surface area (Å²) >= 11 is 0. The molecule has 0 spiro atoms. The first kappa shape index (κ1) is 9.88. The number of hydrogen-bond donors (Lipinski definition) is 2. The summed E-state index contributed by atoms with van der Waals surface area (Å²) in [6.07, 6.45) is 1.01. The fourth-order valence-corrected chi connectivity index (χ4v) is 0.922. The second-order valence-corrected chi connectivity index (χ2v) is 2.29. The summed E-state index contributed by atoms with van der Waals surface area (Å²) < 4.78 is 0. The van der Waals surface area contributed by atoms with Crippen LogP contribution >= 0.6 is 0 Å². The van der Waals surface area contributed by atoms with Crippen LogP contribution in [0, 0.1) is 0 Å². The van der Waals surface area contributed by atoms with Gasteiger partial charge in [0.1, 0.15) is 0 Å². The van der Waals surface area contributed by atoms with E-state index >= 15 is 0 Å². The van der Waals surface area contributed by atoms with Crippen LogP contribution in [0.15, 0.2) is 0 Å². The van der Waals surface area contributed by atoms with E-state index in [1.54, 1.807) is 0 Å². The van der Waals surface area contributed by atoms with E-state index in [2.05, 4.69) is 24.2 Å². The molecule has 0 aliphatic carbocycles. The van der Waals surface area contributed by atoms with E-state index in [1.807, 2.05) is 0 Å². The van der Waals surface area contributed by atoms with Crippen LogP contribution in [0.25, 0.3) is 0 Å². The van der Waals surface area contributed by atoms with Crippen molar-refractivity contribution < 1.29 is 6.63 Å². The van der Waals surface area contributed by atoms with Gasteiger partial charge in [0.2, 0.25) is 0 Å². The van der Waals surface area contributed by atoms with Gasteiger partial charge in [0, 0.05) is 7.97 Å². The first-order valence-corrected chi connectivity index (χ1v) is 3.94. The second-order valence-electron chi connectivity index (χ2n) is 2.29. The molecule has 0 saturated heterocycles. The third kappa shape index (κ3) is 4.73. The third-order valence-corrected chi connectivity index (χ3v) is 1.66. The van der Waals surface area contributed by atoms with Crippen LogP contribution < -0.4 is 5.48 Å². The van der Waals surface area contributed by atoms with Gasteiger partial charge in [-0.05, 0) is 26.1 Å². The molecule has 3 heteroatoms. The number of rotatable bonds is 6. The van der Waals surface area contributed by atoms with Crippen molar-refractivity contribution in [1.82, 2.24) is 10.4 Å². The molecule has 0 aromatic heterocycles. The molecule has 0 heterocycles. The highest BCUT2D eigenvalue weighted by Crippen LogP contribution is 1.88. The molecule has 3 nitrogen and oxygen atoms in total. The van der Waals surface area contributed by atoms with Gasteiger partial charge < -0.3 is 10.1 Å². The minimum atomic E-state index is 0. The van der Waals surface area contributed by atoms with Gasteiger partial charge in [-0.3, -0.25) is 0 Å². The van der Waals surface area contributed by atoms with E-state index < -0.39 is 0 Å². The van der Waals surface area contributed by atoms with E-state index in [4.69, 9.17) is 5.21 Å². The van der Waals surface area contributed by atoms with Crippen LogP contribution in [0.4, 0.5) is 0 Å².